The van der Waals surface area contributed by atoms with Crippen LogP contribution in [0.4, 0.5) is 0 Å². The van der Waals surface area contributed by atoms with Crippen molar-refractivity contribution in [2.24, 2.45) is 0 Å². The van der Waals surface area contributed by atoms with Crippen molar-refractivity contribution in [1.82, 2.24) is 15.2 Å². The summed E-state index contributed by atoms with van der Waals surface area (Å²) in [4.78, 5) is 19.1. The number of aromatic hydroxyl groups is 1. The van der Waals surface area contributed by atoms with E-state index in [1.165, 1.54) is 0 Å². The second kappa shape index (κ2) is 10.1. The second-order valence-corrected chi connectivity index (χ2v) is 7.62. The third-order valence-corrected chi connectivity index (χ3v) is 5.17. The van der Waals surface area contributed by atoms with Crippen molar-refractivity contribution in [3.8, 4) is 11.5 Å². The minimum atomic E-state index is -0.295. The molecule has 3 rings (SSSR count). The number of pyridine rings is 1. The first kappa shape index (κ1) is 21.6. The summed E-state index contributed by atoms with van der Waals surface area (Å²) >= 11 is 0. The van der Waals surface area contributed by atoms with Crippen LogP contribution in [0.1, 0.15) is 29.9 Å². The summed E-state index contributed by atoms with van der Waals surface area (Å²) in [5.74, 6) is 0.524. The maximum atomic E-state index is 12.7. The van der Waals surface area contributed by atoms with Crippen LogP contribution in [0.2, 0.25) is 0 Å². The Labute approximate surface area is 177 Å². The molecule has 30 heavy (non-hydrogen) atoms. The maximum Gasteiger partial charge on any atom is 0.220 e. The van der Waals surface area contributed by atoms with Gasteiger partial charge in [0.1, 0.15) is 17.0 Å². The molecular formula is C24H29N3O3. The minimum absolute atomic E-state index is 0.0462. The van der Waals surface area contributed by atoms with Crippen molar-refractivity contribution >= 4 is 16.8 Å². The van der Waals surface area contributed by atoms with Crippen molar-refractivity contribution in [1.29, 1.82) is 0 Å². The molecule has 0 saturated heterocycles. The van der Waals surface area contributed by atoms with Crippen LogP contribution in [-0.4, -0.2) is 55.2 Å². The Bertz CT molecular complexity index is 987. The van der Waals surface area contributed by atoms with E-state index in [0.29, 0.717) is 17.6 Å². The van der Waals surface area contributed by atoms with E-state index in [-0.39, 0.29) is 24.0 Å². The Balaban J connectivity index is 1.88. The Hall–Kier alpha value is -3.12. The van der Waals surface area contributed by atoms with Crippen molar-refractivity contribution in [2.75, 3.05) is 34.3 Å². The van der Waals surface area contributed by atoms with Gasteiger partial charge in [0.15, 0.2) is 0 Å². The highest BCUT2D eigenvalue weighted by Crippen LogP contribution is 2.38. The monoisotopic (exact) mass is 407 g/mol. The topological polar surface area (TPSA) is 74.7 Å². The van der Waals surface area contributed by atoms with Gasteiger partial charge in [0.2, 0.25) is 5.91 Å². The first-order chi connectivity index (χ1) is 14.5. The number of amides is 1. The molecule has 1 unspecified atom stereocenters. The summed E-state index contributed by atoms with van der Waals surface area (Å²) in [7, 11) is 5.64. The Morgan fingerprint density at radius 2 is 1.93 bits per heavy atom. The summed E-state index contributed by atoms with van der Waals surface area (Å²) in [6, 6.07) is 15.2. The summed E-state index contributed by atoms with van der Waals surface area (Å²) in [5, 5.41) is 14.8. The number of hydrogen-bond donors (Lipinski definition) is 2. The van der Waals surface area contributed by atoms with E-state index < -0.39 is 0 Å². The van der Waals surface area contributed by atoms with Gasteiger partial charge >= 0.3 is 0 Å². The van der Waals surface area contributed by atoms with Gasteiger partial charge in [-0.3, -0.25) is 9.78 Å². The van der Waals surface area contributed by atoms with Gasteiger partial charge < -0.3 is 20.1 Å². The molecule has 0 radical (unpaired) electrons. The van der Waals surface area contributed by atoms with E-state index in [2.05, 4.69) is 15.2 Å². The Kier molecular flexibility index (Phi) is 7.25. The van der Waals surface area contributed by atoms with Gasteiger partial charge in [0.05, 0.1) is 7.11 Å². The van der Waals surface area contributed by atoms with Crippen molar-refractivity contribution < 1.29 is 14.6 Å². The molecule has 0 spiro atoms. The van der Waals surface area contributed by atoms with E-state index in [0.717, 1.165) is 29.7 Å². The molecule has 1 heterocycles. The summed E-state index contributed by atoms with van der Waals surface area (Å²) in [5.41, 5.74) is 2.17. The minimum Gasteiger partial charge on any atom is -0.505 e. The number of phenolic OH excluding ortho intramolecular Hbond substituents is 1. The average molecular weight is 408 g/mol. The predicted octanol–water partition coefficient (Wildman–Crippen LogP) is 3.54. The van der Waals surface area contributed by atoms with Crippen LogP contribution in [0, 0.1) is 0 Å². The molecule has 2 N–H and O–H groups in total. The fourth-order valence-electron chi connectivity index (χ4n) is 3.55. The largest absolute Gasteiger partial charge is 0.505 e. The number of benzene rings is 2. The number of hydrogen-bond acceptors (Lipinski definition) is 5. The molecule has 1 atom stereocenters. The summed E-state index contributed by atoms with van der Waals surface area (Å²) in [6.45, 7) is 1.54. The first-order valence-electron chi connectivity index (χ1n) is 10.1. The quantitative estimate of drug-likeness (QED) is 0.531. The molecule has 6 nitrogen and oxygen atoms in total. The van der Waals surface area contributed by atoms with E-state index in [4.69, 9.17) is 4.74 Å². The summed E-state index contributed by atoms with van der Waals surface area (Å²) < 4.78 is 5.26. The lowest BCUT2D eigenvalue weighted by atomic mass is 9.87. The third-order valence-electron chi connectivity index (χ3n) is 5.17. The van der Waals surface area contributed by atoms with Gasteiger partial charge in [-0.15, -0.1) is 0 Å². The SMILES string of the molecule is COc1ccc(C(CC(=O)NCCCN(C)C)c2ccc3cccnc3c2O)cc1. The lowest BCUT2D eigenvalue weighted by Gasteiger charge is -2.20. The number of ether oxygens (including phenoxy) is 1. The maximum absolute atomic E-state index is 12.7. The average Bonchev–Trinajstić information content (AvgIpc) is 2.76. The highest BCUT2D eigenvalue weighted by molar-refractivity contribution is 5.86. The molecule has 0 fully saturated rings. The zero-order chi connectivity index (χ0) is 21.5. The molecule has 0 bridgehead atoms. The van der Waals surface area contributed by atoms with E-state index >= 15 is 0 Å². The molecule has 0 saturated carbocycles. The molecule has 1 aromatic heterocycles. The Morgan fingerprint density at radius 1 is 1.17 bits per heavy atom. The number of aromatic nitrogens is 1. The van der Waals surface area contributed by atoms with E-state index in [1.807, 2.05) is 62.6 Å². The molecule has 1 amide bonds. The number of phenols is 1. The highest BCUT2D eigenvalue weighted by Gasteiger charge is 2.23. The van der Waals surface area contributed by atoms with Gasteiger partial charge in [0.25, 0.3) is 0 Å². The summed E-state index contributed by atoms with van der Waals surface area (Å²) in [6.07, 6.45) is 2.78. The number of rotatable bonds is 9. The lowest BCUT2D eigenvalue weighted by Crippen LogP contribution is -2.28. The van der Waals surface area contributed by atoms with Crippen LogP contribution in [-0.2, 0) is 4.79 Å². The second-order valence-electron chi connectivity index (χ2n) is 7.62. The number of carbonyl (C=O) groups excluding carboxylic acids is 1. The standard InChI is InChI=1S/C24H29N3O3/c1-27(2)15-5-14-25-22(28)16-21(17-7-10-19(30-3)11-8-17)20-12-9-18-6-4-13-26-23(18)24(20)29/h4,6-13,21,29H,5,14-16H2,1-3H3,(H,25,28). The molecular weight excluding hydrogens is 378 g/mol. The predicted molar refractivity (Wildman–Crippen MR) is 119 cm³/mol. The van der Waals surface area contributed by atoms with Gasteiger partial charge in [-0.25, -0.2) is 0 Å². The van der Waals surface area contributed by atoms with Crippen LogP contribution in [0.3, 0.4) is 0 Å². The van der Waals surface area contributed by atoms with Crippen LogP contribution in [0.25, 0.3) is 10.9 Å². The van der Waals surface area contributed by atoms with Gasteiger partial charge in [-0.2, -0.15) is 0 Å². The zero-order valence-corrected chi connectivity index (χ0v) is 17.8. The smallest absolute Gasteiger partial charge is 0.220 e. The van der Waals surface area contributed by atoms with Gasteiger partial charge in [0, 0.05) is 36.0 Å². The molecule has 3 aromatic rings. The molecule has 6 heteroatoms. The van der Waals surface area contributed by atoms with Gasteiger partial charge in [-0.05, 0) is 50.8 Å². The molecule has 0 aliphatic rings. The zero-order valence-electron chi connectivity index (χ0n) is 17.8. The number of nitrogens with one attached hydrogen (secondary N) is 1. The molecule has 2 aromatic carbocycles. The van der Waals surface area contributed by atoms with Crippen LogP contribution in [0.15, 0.2) is 54.7 Å². The highest BCUT2D eigenvalue weighted by atomic mass is 16.5. The molecule has 0 aliphatic carbocycles. The van der Waals surface area contributed by atoms with E-state index in [9.17, 15) is 9.90 Å². The number of nitrogens with zero attached hydrogens (tertiary/aromatic N) is 2. The molecule has 0 aliphatic heterocycles. The fourth-order valence-corrected chi connectivity index (χ4v) is 3.55. The number of methoxy groups -OCH3 is 1. The van der Waals surface area contributed by atoms with Crippen molar-refractivity contribution in [2.45, 2.75) is 18.8 Å². The first-order valence-corrected chi connectivity index (χ1v) is 10.1. The van der Waals surface area contributed by atoms with Crippen molar-refractivity contribution in [3.05, 3.63) is 65.9 Å². The third kappa shape index (κ3) is 5.27. The number of carbonyl (C=O) groups is 1. The van der Waals surface area contributed by atoms with Crippen molar-refractivity contribution in [3.63, 3.8) is 0 Å². The van der Waals surface area contributed by atoms with E-state index in [1.54, 1.807) is 13.3 Å². The number of fused-ring (bicyclic) bond motifs is 1. The fraction of sp³-hybridized carbons (Fsp3) is 0.333. The Morgan fingerprint density at radius 3 is 2.63 bits per heavy atom. The lowest BCUT2D eigenvalue weighted by molar-refractivity contribution is -0.121. The van der Waals surface area contributed by atoms with Crippen LogP contribution < -0.4 is 10.1 Å². The normalized spacial score (nSPS) is 12.1. The molecule has 158 valence electrons. The van der Waals surface area contributed by atoms with Crippen LogP contribution in [0.5, 0.6) is 11.5 Å². The van der Waals surface area contributed by atoms with Gasteiger partial charge in [-0.1, -0.05) is 30.3 Å². The van der Waals surface area contributed by atoms with Crippen LogP contribution >= 0.6 is 0 Å².